The first kappa shape index (κ1) is 15.1. The first-order chi connectivity index (χ1) is 9.29. The van der Waals surface area contributed by atoms with Crippen LogP contribution in [0.5, 0.6) is 0 Å². The Kier molecular flexibility index (Phi) is 4.25. The summed E-state index contributed by atoms with van der Waals surface area (Å²) in [6.45, 7) is 1.30. The number of benzene rings is 1. The second-order valence-electron chi connectivity index (χ2n) is 5.07. The number of piperidine rings is 1. The molecule has 7 heteroatoms. The molecule has 2 rings (SSSR count). The number of carbonyl (C=O) groups is 1. The van der Waals surface area contributed by atoms with Gasteiger partial charge in [-0.25, -0.2) is 8.42 Å². The molecule has 1 aliphatic rings. The molecule has 1 heterocycles. The minimum absolute atomic E-state index is 0.186. The molecule has 1 amide bonds. The Morgan fingerprint density at radius 3 is 2.70 bits per heavy atom. The van der Waals surface area contributed by atoms with Gasteiger partial charge in [0.05, 0.1) is 21.5 Å². The third-order valence-corrected chi connectivity index (χ3v) is 4.92. The van der Waals surface area contributed by atoms with Crippen LogP contribution in [0, 0.1) is 5.92 Å². The van der Waals surface area contributed by atoms with Gasteiger partial charge < -0.3 is 10.6 Å². The standard InChI is InChI=1S/C13H17ClN2O3S/c1-20(18,19)10-4-5-12(11(14)7-10)16-6-2-3-9(8-16)13(15)17/h4-5,7,9H,2-3,6,8H2,1H3,(H2,15,17)/t9-/m1/s1. The van der Waals surface area contributed by atoms with E-state index in [0.717, 1.165) is 31.3 Å². The van der Waals surface area contributed by atoms with Crippen molar-refractivity contribution in [1.82, 2.24) is 0 Å². The molecule has 0 saturated carbocycles. The van der Waals surface area contributed by atoms with E-state index in [9.17, 15) is 13.2 Å². The number of nitrogens with zero attached hydrogens (tertiary/aromatic N) is 1. The highest BCUT2D eigenvalue weighted by Crippen LogP contribution is 2.31. The molecule has 0 bridgehead atoms. The van der Waals surface area contributed by atoms with Crippen LogP contribution in [0.3, 0.4) is 0 Å². The predicted molar refractivity (Wildman–Crippen MR) is 78.7 cm³/mol. The van der Waals surface area contributed by atoms with Crippen LogP contribution in [0.2, 0.25) is 5.02 Å². The van der Waals surface area contributed by atoms with Crippen LogP contribution in [0.25, 0.3) is 0 Å². The molecule has 1 saturated heterocycles. The summed E-state index contributed by atoms with van der Waals surface area (Å²) in [5, 5.41) is 0.373. The van der Waals surface area contributed by atoms with Crippen molar-refractivity contribution in [2.75, 3.05) is 24.2 Å². The molecule has 110 valence electrons. The van der Waals surface area contributed by atoms with E-state index in [4.69, 9.17) is 17.3 Å². The Hall–Kier alpha value is -1.27. The maximum absolute atomic E-state index is 11.5. The molecule has 0 aromatic heterocycles. The molecule has 0 unspecified atom stereocenters. The monoisotopic (exact) mass is 316 g/mol. The molecule has 1 fully saturated rings. The fourth-order valence-corrected chi connectivity index (χ4v) is 3.41. The second kappa shape index (κ2) is 5.61. The van der Waals surface area contributed by atoms with Crippen molar-refractivity contribution in [3.05, 3.63) is 23.2 Å². The van der Waals surface area contributed by atoms with Gasteiger partial charge in [-0.15, -0.1) is 0 Å². The average molecular weight is 317 g/mol. The molecule has 20 heavy (non-hydrogen) atoms. The SMILES string of the molecule is CS(=O)(=O)c1ccc(N2CCC[C@@H](C(N)=O)C2)c(Cl)c1. The number of primary amides is 1. The highest BCUT2D eigenvalue weighted by molar-refractivity contribution is 7.90. The summed E-state index contributed by atoms with van der Waals surface area (Å²) in [5.41, 5.74) is 6.09. The molecule has 1 atom stereocenters. The van der Waals surface area contributed by atoms with Gasteiger partial charge in [0.25, 0.3) is 0 Å². The van der Waals surface area contributed by atoms with Gasteiger partial charge in [0.2, 0.25) is 5.91 Å². The fourth-order valence-electron chi connectivity index (χ4n) is 2.40. The Morgan fingerprint density at radius 2 is 2.15 bits per heavy atom. The van der Waals surface area contributed by atoms with Crippen molar-refractivity contribution < 1.29 is 13.2 Å². The number of halogens is 1. The zero-order valence-corrected chi connectivity index (χ0v) is 12.7. The van der Waals surface area contributed by atoms with E-state index in [1.165, 1.54) is 12.1 Å². The largest absolute Gasteiger partial charge is 0.370 e. The number of rotatable bonds is 3. The minimum Gasteiger partial charge on any atom is -0.370 e. The van der Waals surface area contributed by atoms with Crippen LogP contribution in [0.4, 0.5) is 5.69 Å². The van der Waals surface area contributed by atoms with Gasteiger partial charge in [0.15, 0.2) is 9.84 Å². The Labute approximate surface area is 123 Å². The highest BCUT2D eigenvalue weighted by atomic mass is 35.5. The summed E-state index contributed by atoms with van der Waals surface area (Å²) in [7, 11) is -3.27. The van der Waals surface area contributed by atoms with Crippen molar-refractivity contribution >= 4 is 33.0 Å². The van der Waals surface area contributed by atoms with Gasteiger partial charge in [-0.2, -0.15) is 0 Å². The normalized spacial score (nSPS) is 19.9. The number of hydrogen-bond donors (Lipinski definition) is 1. The van der Waals surface area contributed by atoms with Crippen LogP contribution in [-0.2, 0) is 14.6 Å². The lowest BCUT2D eigenvalue weighted by molar-refractivity contribution is -0.122. The van der Waals surface area contributed by atoms with Crippen LogP contribution < -0.4 is 10.6 Å². The van der Waals surface area contributed by atoms with E-state index in [2.05, 4.69) is 0 Å². The summed E-state index contributed by atoms with van der Waals surface area (Å²) in [6.07, 6.45) is 2.78. The lowest BCUT2D eigenvalue weighted by atomic mass is 9.97. The number of amides is 1. The lowest BCUT2D eigenvalue weighted by Crippen LogP contribution is -2.41. The van der Waals surface area contributed by atoms with Crippen molar-refractivity contribution in [2.24, 2.45) is 11.7 Å². The predicted octanol–water partition coefficient (Wildman–Crippen LogP) is 1.45. The zero-order valence-electron chi connectivity index (χ0n) is 11.2. The van der Waals surface area contributed by atoms with E-state index >= 15 is 0 Å². The maximum Gasteiger partial charge on any atom is 0.222 e. The molecular weight excluding hydrogens is 300 g/mol. The van der Waals surface area contributed by atoms with Crippen molar-refractivity contribution in [3.8, 4) is 0 Å². The Bertz CT molecular complexity index is 631. The lowest BCUT2D eigenvalue weighted by Gasteiger charge is -2.33. The average Bonchev–Trinajstić information content (AvgIpc) is 2.37. The van der Waals surface area contributed by atoms with Gasteiger partial charge in [-0.05, 0) is 31.0 Å². The van der Waals surface area contributed by atoms with Crippen LogP contribution in [-0.4, -0.2) is 33.7 Å². The molecule has 0 radical (unpaired) electrons. The highest BCUT2D eigenvalue weighted by Gasteiger charge is 2.25. The molecule has 1 aromatic rings. The molecule has 2 N–H and O–H groups in total. The first-order valence-corrected chi connectivity index (χ1v) is 8.60. The van der Waals surface area contributed by atoms with Crippen molar-refractivity contribution in [2.45, 2.75) is 17.7 Å². The number of carbonyl (C=O) groups excluding carboxylic acids is 1. The molecule has 0 spiro atoms. The van der Waals surface area contributed by atoms with Crippen molar-refractivity contribution in [3.63, 3.8) is 0 Å². The third kappa shape index (κ3) is 3.24. The quantitative estimate of drug-likeness (QED) is 0.915. The van der Waals surface area contributed by atoms with Gasteiger partial charge in [0.1, 0.15) is 0 Å². The maximum atomic E-state index is 11.5. The van der Waals surface area contributed by atoms with E-state index in [0.29, 0.717) is 11.6 Å². The molecule has 0 aliphatic carbocycles. The topological polar surface area (TPSA) is 80.5 Å². The van der Waals surface area contributed by atoms with E-state index in [-0.39, 0.29) is 16.7 Å². The minimum atomic E-state index is -3.27. The zero-order chi connectivity index (χ0) is 14.9. The summed E-state index contributed by atoms with van der Waals surface area (Å²) in [5.74, 6) is -0.493. The summed E-state index contributed by atoms with van der Waals surface area (Å²) < 4.78 is 23.0. The Balaban J connectivity index is 2.27. The smallest absolute Gasteiger partial charge is 0.222 e. The number of anilines is 1. The molecular formula is C13H17ClN2O3S. The molecule has 1 aliphatic heterocycles. The van der Waals surface area contributed by atoms with E-state index in [1.54, 1.807) is 6.07 Å². The van der Waals surface area contributed by atoms with E-state index < -0.39 is 9.84 Å². The third-order valence-electron chi connectivity index (χ3n) is 3.51. The summed E-state index contributed by atoms with van der Waals surface area (Å²) in [6, 6.07) is 4.66. The first-order valence-electron chi connectivity index (χ1n) is 6.33. The van der Waals surface area contributed by atoms with Gasteiger partial charge in [-0.1, -0.05) is 11.6 Å². The second-order valence-corrected chi connectivity index (χ2v) is 7.50. The molecule has 1 aromatic carbocycles. The Morgan fingerprint density at radius 1 is 1.45 bits per heavy atom. The van der Waals surface area contributed by atoms with Gasteiger partial charge in [-0.3, -0.25) is 4.79 Å². The summed E-state index contributed by atoms with van der Waals surface area (Å²) >= 11 is 6.17. The van der Waals surface area contributed by atoms with Crippen molar-refractivity contribution in [1.29, 1.82) is 0 Å². The van der Waals surface area contributed by atoms with Crippen LogP contribution in [0.1, 0.15) is 12.8 Å². The van der Waals surface area contributed by atoms with Crippen LogP contribution >= 0.6 is 11.6 Å². The van der Waals surface area contributed by atoms with E-state index in [1.807, 2.05) is 4.90 Å². The van der Waals surface area contributed by atoms with Crippen LogP contribution in [0.15, 0.2) is 23.1 Å². The fraction of sp³-hybridized carbons (Fsp3) is 0.462. The number of sulfone groups is 1. The molecule has 5 nitrogen and oxygen atoms in total. The number of hydrogen-bond acceptors (Lipinski definition) is 4. The number of nitrogens with two attached hydrogens (primary N) is 1. The summed E-state index contributed by atoms with van der Waals surface area (Å²) in [4.78, 5) is 13.5. The van der Waals surface area contributed by atoms with Gasteiger partial charge >= 0.3 is 0 Å². The van der Waals surface area contributed by atoms with Gasteiger partial charge in [0, 0.05) is 19.3 Å².